The number of benzene rings is 2. The van der Waals surface area contributed by atoms with Crippen molar-refractivity contribution in [1.82, 2.24) is 4.90 Å². The van der Waals surface area contributed by atoms with Gasteiger partial charge in [-0.1, -0.05) is 41.9 Å². The number of halogens is 1. The Morgan fingerprint density at radius 2 is 1.74 bits per heavy atom. The zero-order chi connectivity index (χ0) is 16.4. The summed E-state index contributed by atoms with van der Waals surface area (Å²) in [4.78, 5) is 14.9. The van der Waals surface area contributed by atoms with Crippen molar-refractivity contribution in [3.8, 4) is 0 Å². The van der Waals surface area contributed by atoms with Crippen molar-refractivity contribution < 1.29 is 4.79 Å². The van der Waals surface area contributed by atoms with Gasteiger partial charge in [-0.3, -0.25) is 4.79 Å². The van der Waals surface area contributed by atoms with Gasteiger partial charge in [-0.15, -0.1) is 0 Å². The molecule has 0 saturated carbocycles. The van der Waals surface area contributed by atoms with Crippen LogP contribution in [0, 0.1) is 5.92 Å². The third kappa shape index (κ3) is 3.28. The van der Waals surface area contributed by atoms with Gasteiger partial charge in [0.15, 0.2) is 0 Å². The molecular weight excluding hydrogens is 310 g/mol. The minimum Gasteiger partial charge on any atom is -0.308 e. The lowest BCUT2D eigenvalue weighted by atomic mass is 9.96. The Hall–Kier alpha value is -2.17. The number of hydrazone groups is 1. The van der Waals surface area contributed by atoms with Crippen molar-refractivity contribution in [2.45, 2.75) is 0 Å². The lowest BCUT2D eigenvalue weighted by Crippen LogP contribution is -2.35. The van der Waals surface area contributed by atoms with Crippen LogP contribution in [0.3, 0.4) is 0 Å². The second-order valence-electron chi connectivity index (χ2n) is 5.79. The van der Waals surface area contributed by atoms with Gasteiger partial charge in [0, 0.05) is 11.6 Å². The summed E-state index contributed by atoms with van der Waals surface area (Å²) in [5, 5.41) is 6.72. The molecule has 1 amide bonds. The predicted octanol–water partition coefficient (Wildman–Crippen LogP) is 3.27. The van der Waals surface area contributed by atoms with Crippen LogP contribution in [0.15, 0.2) is 59.7 Å². The topological polar surface area (TPSA) is 35.9 Å². The third-order valence-corrected chi connectivity index (χ3v) is 3.99. The van der Waals surface area contributed by atoms with Gasteiger partial charge in [0.05, 0.1) is 17.3 Å². The van der Waals surface area contributed by atoms with Crippen LogP contribution in [0.1, 0.15) is 5.56 Å². The van der Waals surface area contributed by atoms with Crippen molar-refractivity contribution in [3.05, 3.63) is 65.2 Å². The van der Waals surface area contributed by atoms with Crippen molar-refractivity contribution in [2.75, 3.05) is 25.6 Å². The van der Waals surface area contributed by atoms with E-state index in [0.717, 1.165) is 17.0 Å². The Balaban J connectivity index is 2.00. The fourth-order valence-electron chi connectivity index (χ4n) is 2.66. The molecule has 0 fully saturated rings. The van der Waals surface area contributed by atoms with Gasteiger partial charge in [-0.05, 0) is 43.9 Å². The molecule has 2 aromatic carbocycles. The fourth-order valence-corrected chi connectivity index (χ4v) is 2.78. The minimum atomic E-state index is -0.275. The molecule has 2 aromatic rings. The lowest BCUT2D eigenvalue weighted by Gasteiger charge is -2.18. The number of hydrogen-bond donors (Lipinski definition) is 0. The second kappa shape index (κ2) is 6.52. The summed E-state index contributed by atoms with van der Waals surface area (Å²) in [5.41, 5.74) is 2.51. The van der Waals surface area contributed by atoms with Crippen LogP contribution in [-0.2, 0) is 4.79 Å². The largest absolute Gasteiger partial charge is 0.308 e. The van der Waals surface area contributed by atoms with E-state index in [9.17, 15) is 4.79 Å². The van der Waals surface area contributed by atoms with E-state index in [1.165, 1.54) is 5.01 Å². The summed E-state index contributed by atoms with van der Waals surface area (Å²) in [6, 6.07) is 17.0. The Bertz CT molecular complexity index is 726. The molecule has 3 rings (SSSR count). The maximum atomic E-state index is 12.9. The van der Waals surface area contributed by atoms with Gasteiger partial charge in [-0.2, -0.15) is 10.1 Å². The molecule has 1 aliphatic rings. The highest BCUT2D eigenvalue weighted by Gasteiger charge is 2.37. The Kier molecular flexibility index (Phi) is 4.46. The number of nitrogens with zero attached hydrogens (tertiary/aromatic N) is 3. The van der Waals surface area contributed by atoms with E-state index in [4.69, 9.17) is 11.6 Å². The number of hydrogen-bond acceptors (Lipinski definition) is 3. The molecule has 0 saturated heterocycles. The molecule has 0 bridgehead atoms. The van der Waals surface area contributed by atoms with Crippen LogP contribution >= 0.6 is 11.6 Å². The van der Waals surface area contributed by atoms with E-state index in [1.807, 2.05) is 61.5 Å². The summed E-state index contributed by atoms with van der Waals surface area (Å²) >= 11 is 5.93. The average molecular weight is 328 g/mol. The molecule has 1 aliphatic heterocycles. The maximum absolute atomic E-state index is 12.9. The SMILES string of the molecule is CN(C)CC1C(=O)N(c2ccc(Cl)cc2)N=C1c1ccccc1. The minimum absolute atomic E-state index is 0.0140. The van der Waals surface area contributed by atoms with E-state index in [2.05, 4.69) is 5.10 Å². The van der Waals surface area contributed by atoms with Crippen molar-refractivity contribution in [2.24, 2.45) is 11.0 Å². The zero-order valence-corrected chi connectivity index (χ0v) is 13.9. The van der Waals surface area contributed by atoms with Crippen molar-refractivity contribution >= 4 is 28.9 Å². The van der Waals surface area contributed by atoms with Crippen molar-refractivity contribution in [1.29, 1.82) is 0 Å². The van der Waals surface area contributed by atoms with E-state index < -0.39 is 0 Å². The standard InChI is InChI=1S/C18H18ClN3O/c1-21(2)12-16-17(13-6-4-3-5-7-13)20-22(18(16)23)15-10-8-14(19)9-11-15/h3-11,16H,12H2,1-2H3. The van der Waals surface area contributed by atoms with E-state index in [0.29, 0.717) is 11.6 Å². The first kappa shape index (κ1) is 15.7. The third-order valence-electron chi connectivity index (χ3n) is 3.73. The normalized spacial score (nSPS) is 17.7. The Morgan fingerprint density at radius 1 is 1.09 bits per heavy atom. The van der Waals surface area contributed by atoms with Crippen LogP contribution in [0.5, 0.6) is 0 Å². The number of anilines is 1. The number of amides is 1. The molecule has 4 nitrogen and oxygen atoms in total. The number of carbonyl (C=O) groups excluding carboxylic acids is 1. The molecule has 0 spiro atoms. The fraction of sp³-hybridized carbons (Fsp3) is 0.222. The molecule has 0 aromatic heterocycles. The molecule has 23 heavy (non-hydrogen) atoms. The molecule has 0 N–H and O–H groups in total. The quantitative estimate of drug-likeness (QED) is 0.864. The summed E-state index contributed by atoms with van der Waals surface area (Å²) in [6.45, 7) is 0.622. The zero-order valence-electron chi connectivity index (χ0n) is 13.1. The van der Waals surface area contributed by atoms with Gasteiger partial charge < -0.3 is 4.90 Å². The van der Waals surface area contributed by atoms with Gasteiger partial charge in [0.2, 0.25) is 0 Å². The number of carbonyl (C=O) groups is 1. The summed E-state index contributed by atoms with van der Waals surface area (Å²) in [7, 11) is 3.92. The highest BCUT2D eigenvalue weighted by Crippen LogP contribution is 2.28. The van der Waals surface area contributed by atoms with Gasteiger partial charge in [0.1, 0.15) is 0 Å². The lowest BCUT2D eigenvalue weighted by molar-refractivity contribution is -0.120. The highest BCUT2D eigenvalue weighted by atomic mass is 35.5. The van der Waals surface area contributed by atoms with Crippen LogP contribution in [0.25, 0.3) is 0 Å². The first-order chi connectivity index (χ1) is 11.1. The van der Waals surface area contributed by atoms with Crippen LogP contribution in [0.2, 0.25) is 5.02 Å². The molecule has 118 valence electrons. The first-order valence-corrected chi connectivity index (χ1v) is 7.82. The molecule has 1 unspecified atom stereocenters. The first-order valence-electron chi connectivity index (χ1n) is 7.44. The molecule has 1 heterocycles. The molecule has 1 atom stereocenters. The van der Waals surface area contributed by atoms with Gasteiger partial charge in [-0.25, -0.2) is 0 Å². The average Bonchev–Trinajstić information content (AvgIpc) is 2.86. The van der Waals surface area contributed by atoms with Crippen LogP contribution < -0.4 is 5.01 Å². The smallest absolute Gasteiger partial charge is 0.257 e. The Morgan fingerprint density at radius 3 is 2.35 bits per heavy atom. The van der Waals surface area contributed by atoms with Crippen LogP contribution in [0.4, 0.5) is 5.69 Å². The summed E-state index contributed by atoms with van der Waals surface area (Å²) in [6.07, 6.45) is 0. The maximum Gasteiger partial charge on any atom is 0.257 e. The Labute approximate surface area is 141 Å². The second-order valence-corrected chi connectivity index (χ2v) is 6.23. The summed E-state index contributed by atoms with van der Waals surface area (Å²) < 4.78 is 0. The molecule has 0 radical (unpaired) electrons. The van der Waals surface area contributed by atoms with Gasteiger partial charge >= 0.3 is 0 Å². The number of rotatable bonds is 4. The van der Waals surface area contributed by atoms with Gasteiger partial charge in [0.25, 0.3) is 5.91 Å². The monoisotopic (exact) mass is 327 g/mol. The van der Waals surface area contributed by atoms with E-state index in [1.54, 1.807) is 12.1 Å². The summed E-state index contributed by atoms with van der Waals surface area (Å²) in [5.74, 6) is -0.289. The van der Waals surface area contributed by atoms with E-state index in [-0.39, 0.29) is 11.8 Å². The molecule has 5 heteroatoms. The highest BCUT2D eigenvalue weighted by molar-refractivity contribution is 6.30. The predicted molar refractivity (Wildman–Crippen MR) is 94.0 cm³/mol. The van der Waals surface area contributed by atoms with E-state index >= 15 is 0 Å². The molecular formula is C18H18ClN3O. The molecule has 0 aliphatic carbocycles. The van der Waals surface area contributed by atoms with Crippen molar-refractivity contribution in [3.63, 3.8) is 0 Å². The van der Waals surface area contributed by atoms with Crippen LogP contribution in [-0.4, -0.2) is 37.2 Å².